The van der Waals surface area contributed by atoms with Crippen LogP contribution < -0.4 is 0 Å². The first kappa shape index (κ1) is 38.2. The second-order valence-electron chi connectivity index (χ2n) is 17.6. The van der Waals surface area contributed by atoms with E-state index in [0.29, 0.717) is 0 Å². The molecule has 0 saturated carbocycles. The summed E-state index contributed by atoms with van der Waals surface area (Å²) in [6.07, 6.45) is 7.49. The molecule has 0 bridgehead atoms. The van der Waals surface area contributed by atoms with Crippen LogP contribution in [0.4, 0.5) is 0 Å². The summed E-state index contributed by atoms with van der Waals surface area (Å²) in [5.41, 5.74) is 15.3. The van der Waals surface area contributed by atoms with E-state index in [1.807, 2.05) is 49.1 Å². The Morgan fingerprint density at radius 1 is 0.206 bits per heavy atom. The quantitative estimate of drug-likeness (QED) is 0.128. The number of benzene rings is 10. The maximum atomic E-state index is 5.02. The number of hydrogen-bond acceptors (Lipinski definition) is 4. The van der Waals surface area contributed by atoms with Gasteiger partial charge in [0.25, 0.3) is 0 Å². The highest BCUT2D eigenvalue weighted by Gasteiger charge is 2.25. The van der Waals surface area contributed by atoms with E-state index >= 15 is 0 Å². The molecule has 0 atom stereocenters. The Bertz CT molecular complexity index is 4370. The topological polar surface area (TPSA) is 51.6 Å². The highest BCUT2D eigenvalue weighted by atomic mass is 14.7. The van der Waals surface area contributed by atoms with Crippen molar-refractivity contribution in [2.24, 2.45) is 0 Å². The molecule has 0 radical (unpaired) electrons. The first-order chi connectivity index (χ1) is 33.8. The third-order valence-electron chi connectivity index (χ3n) is 13.9. The summed E-state index contributed by atoms with van der Waals surface area (Å²) in [5.74, 6) is 0. The molecule has 4 heteroatoms. The summed E-state index contributed by atoms with van der Waals surface area (Å²) < 4.78 is 0. The van der Waals surface area contributed by atoms with Crippen LogP contribution in [0, 0.1) is 0 Å². The Morgan fingerprint density at radius 3 is 1.18 bits per heavy atom. The van der Waals surface area contributed by atoms with Gasteiger partial charge in [0.2, 0.25) is 0 Å². The maximum absolute atomic E-state index is 5.02. The first-order valence-electron chi connectivity index (χ1n) is 23.1. The molecule has 14 rings (SSSR count). The SMILES string of the molecule is c1ccc(-c2cccc(-c3c(-c4ccccc4)c4cc5c(-c6cc7cccnc7c7ncccc67)c6ccccc6c(-c6cc7cccnc7c7ncccc67)c5cc4c4ccccc34)c2)cc1. The van der Waals surface area contributed by atoms with E-state index < -0.39 is 0 Å². The minimum Gasteiger partial charge on any atom is -0.254 e. The van der Waals surface area contributed by atoms with Crippen LogP contribution in [0.3, 0.4) is 0 Å². The number of fused-ring (bicyclic) bond motifs is 11. The van der Waals surface area contributed by atoms with Crippen molar-refractivity contribution in [1.29, 1.82) is 0 Å². The van der Waals surface area contributed by atoms with Gasteiger partial charge < -0.3 is 0 Å². The molecular weight excluding hydrogens is 825 g/mol. The Hall–Kier alpha value is -9.12. The maximum Gasteiger partial charge on any atom is 0.0970 e. The van der Waals surface area contributed by atoms with Gasteiger partial charge in [-0.05, 0) is 153 Å². The first-order valence-corrected chi connectivity index (χ1v) is 23.1. The van der Waals surface area contributed by atoms with Crippen molar-refractivity contribution in [3.8, 4) is 55.6 Å². The molecular formula is C64H38N4. The Kier molecular flexibility index (Phi) is 8.55. The summed E-state index contributed by atoms with van der Waals surface area (Å²) >= 11 is 0. The molecule has 0 N–H and O–H groups in total. The third-order valence-corrected chi connectivity index (χ3v) is 13.9. The third kappa shape index (κ3) is 5.81. The summed E-state index contributed by atoms with van der Waals surface area (Å²) in [6.45, 7) is 0. The zero-order chi connectivity index (χ0) is 44.7. The van der Waals surface area contributed by atoms with E-state index in [0.717, 1.165) is 87.4 Å². The van der Waals surface area contributed by atoms with E-state index in [4.69, 9.17) is 19.9 Å². The molecule has 10 aromatic carbocycles. The van der Waals surface area contributed by atoms with Crippen molar-refractivity contribution in [2.75, 3.05) is 0 Å². The molecule has 68 heavy (non-hydrogen) atoms. The van der Waals surface area contributed by atoms with Crippen LogP contribution >= 0.6 is 0 Å². The summed E-state index contributed by atoms with van der Waals surface area (Å²) in [7, 11) is 0. The molecule has 4 heterocycles. The highest BCUT2D eigenvalue weighted by Crippen LogP contribution is 2.52. The van der Waals surface area contributed by atoms with E-state index in [9.17, 15) is 0 Å². The lowest BCUT2D eigenvalue weighted by molar-refractivity contribution is 1.37. The van der Waals surface area contributed by atoms with Crippen molar-refractivity contribution in [3.63, 3.8) is 0 Å². The van der Waals surface area contributed by atoms with Gasteiger partial charge in [0.1, 0.15) is 0 Å². The predicted octanol–water partition coefficient (Wildman–Crippen LogP) is 16.8. The van der Waals surface area contributed by atoms with E-state index in [-0.39, 0.29) is 0 Å². The van der Waals surface area contributed by atoms with Crippen LogP contribution in [0.2, 0.25) is 0 Å². The van der Waals surface area contributed by atoms with Gasteiger partial charge in [0.15, 0.2) is 0 Å². The van der Waals surface area contributed by atoms with Crippen LogP contribution in [-0.2, 0) is 0 Å². The van der Waals surface area contributed by atoms with Crippen LogP contribution in [0.15, 0.2) is 231 Å². The highest BCUT2D eigenvalue weighted by molar-refractivity contribution is 6.32. The average molecular weight is 863 g/mol. The van der Waals surface area contributed by atoms with Gasteiger partial charge in [-0.3, -0.25) is 19.9 Å². The lowest BCUT2D eigenvalue weighted by atomic mass is 9.80. The van der Waals surface area contributed by atoms with Gasteiger partial charge in [-0.15, -0.1) is 0 Å². The normalized spacial score (nSPS) is 11.8. The van der Waals surface area contributed by atoms with Crippen LogP contribution in [0.1, 0.15) is 0 Å². The number of hydrogen-bond donors (Lipinski definition) is 0. The standard InChI is InChI=1S/C64H38N4/c1-3-16-39(17-4-1)41-20-11-21-42(34-41)58-46-25-8-7-24-45(46)51-37-55-56(38-54(51)57(58)40-18-5-2-6-19-40)60(53-36-44-23-13-31-66-62(44)64-50(53)29-15-33-68-64)48-27-10-9-26-47(48)59(55)52-35-43-22-12-30-65-61(43)63-49(52)28-14-32-67-63/h1-38H. The fraction of sp³-hybridized carbons (Fsp3) is 0. The van der Waals surface area contributed by atoms with Crippen LogP contribution in [-0.4, -0.2) is 19.9 Å². The Labute approximate surface area is 391 Å². The molecule has 0 aliphatic carbocycles. The second kappa shape index (κ2) is 15.2. The summed E-state index contributed by atoms with van der Waals surface area (Å²) in [6, 6.07) is 75.2. The van der Waals surface area contributed by atoms with Crippen molar-refractivity contribution < 1.29 is 0 Å². The molecule has 14 aromatic rings. The van der Waals surface area contributed by atoms with Gasteiger partial charge in [-0.1, -0.05) is 152 Å². The lowest BCUT2D eigenvalue weighted by Gasteiger charge is -2.23. The fourth-order valence-electron chi connectivity index (χ4n) is 11.1. The van der Waals surface area contributed by atoms with E-state index in [1.54, 1.807) is 0 Å². The van der Waals surface area contributed by atoms with E-state index in [1.165, 1.54) is 54.9 Å². The largest absolute Gasteiger partial charge is 0.254 e. The molecule has 0 saturated heterocycles. The lowest BCUT2D eigenvalue weighted by Crippen LogP contribution is -1.97. The number of nitrogens with zero attached hydrogens (tertiary/aromatic N) is 4. The van der Waals surface area contributed by atoms with Crippen molar-refractivity contribution in [3.05, 3.63) is 231 Å². The van der Waals surface area contributed by atoms with Crippen LogP contribution in [0.5, 0.6) is 0 Å². The van der Waals surface area contributed by atoms with Gasteiger partial charge >= 0.3 is 0 Å². The molecule has 0 aliphatic rings. The molecule has 0 amide bonds. The minimum atomic E-state index is 0.887. The number of aromatic nitrogens is 4. The Balaban J connectivity index is 1.22. The van der Waals surface area contributed by atoms with E-state index in [2.05, 4.69) is 182 Å². The molecule has 0 aliphatic heterocycles. The minimum absolute atomic E-state index is 0.887. The fourth-order valence-corrected chi connectivity index (χ4v) is 11.1. The smallest absolute Gasteiger partial charge is 0.0970 e. The summed E-state index contributed by atoms with van der Waals surface area (Å²) in [4.78, 5) is 19.8. The van der Waals surface area contributed by atoms with Gasteiger partial charge in [-0.25, -0.2) is 0 Å². The molecule has 4 aromatic heterocycles. The predicted molar refractivity (Wildman–Crippen MR) is 285 cm³/mol. The van der Waals surface area contributed by atoms with Crippen molar-refractivity contribution in [1.82, 2.24) is 19.9 Å². The zero-order valence-electron chi connectivity index (χ0n) is 36.7. The Morgan fingerprint density at radius 2 is 0.603 bits per heavy atom. The zero-order valence-corrected chi connectivity index (χ0v) is 36.7. The monoisotopic (exact) mass is 862 g/mol. The van der Waals surface area contributed by atoms with Gasteiger partial charge in [0, 0.05) is 46.3 Å². The second-order valence-corrected chi connectivity index (χ2v) is 17.6. The van der Waals surface area contributed by atoms with Crippen molar-refractivity contribution in [2.45, 2.75) is 0 Å². The van der Waals surface area contributed by atoms with Crippen molar-refractivity contribution >= 4 is 86.7 Å². The van der Waals surface area contributed by atoms with Gasteiger partial charge in [-0.2, -0.15) is 0 Å². The molecule has 0 fully saturated rings. The average Bonchev–Trinajstić information content (AvgIpc) is 3.42. The molecule has 314 valence electrons. The van der Waals surface area contributed by atoms with Crippen LogP contribution in [0.25, 0.3) is 142 Å². The molecule has 4 nitrogen and oxygen atoms in total. The van der Waals surface area contributed by atoms with Gasteiger partial charge in [0.05, 0.1) is 22.1 Å². The molecule has 0 spiro atoms. The number of pyridine rings is 4. The summed E-state index contributed by atoms with van der Waals surface area (Å²) in [5, 5.41) is 13.6. The number of rotatable bonds is 5. The molecule has 0 unspecified atom stereocenters.